The lowest BCUT2D eigenvalue weighted by Crippen LogP contribution is -2.32. The van der Waals surface area contributed by atoms with Crippen LogP contribution in [0.1, 0.15) is 6.92 Å². The number of ether oxygens (including phenoxy) is 1. The van der Waals surface area contributed by atoms with Crippen molar-refractivity contribution in [2.24, 2.45) is 5.92 Å². The van der Waals surface area contributed by atoms with Crippen LogP contribution in [-0.4, -0.2) is 24.5 Å². The van der Waals surface area contributed by atoms with Gasteiger partial charge in [-0.25, -0.2) is 0 Å². The summed E-state index contributed by atoms with van der Waals surface area (Å²) in [5, 5.41) is 7.83. The molecule has 0 spiro atoms. The summed E-state index contributed by atoms with van der Waals surface area (Å²) in [6, 6.07) is 15.6. The molecule has 0 aromatic heterocycles. The average Bonchev–Trinajstić information content (AvgIpc) is 2.60. The molecule has 0 aliphatic carbocycles. The van der Waals surface area contributed by atoms with Crippen LogP contribution in [0.25, 0.3) is 0 Å². The number of methoxy groups -OCH3 is 1. The highest BCUT2D eigenvalue weighted by molar-refractivity contribution is 7.99. The highest BCUT2D eigenvalue weighted by Crippen LogP contribution is 2.22. The Morgan fingerprint density at radius 3 is 2.46 bits per heavy atom. The van der Waals surface area contributed by atoms with Gasteiger partial charge in [-0.2, -0.15) is 0 Å². The van der Waals surface area contributed by atoms with Crippen molar-refractivity contribution in [1.82, 2.24) is 5.32 Å². The van der Waals surface area contributed by atoms with E-state index in [1.165, 1.54) is 4.90 Å². The van der Waals surface area contributed by atoms with E-state index < -0.39 is 0 Å². The van der Waals surface area contributed by atoms with E-state index in [1.54, 1.807) is 7.11 Å². The molecule has 2 aromatic rings. The SMILES string of the molecule is COc1ccc(NC(=S)NC[C@H](C)CSc2ccc(Cl)cc2)cc1. The lowest BCUT2D eigenvalue weighted by molar-refractivity contribution is 0.415. The molecule has 0 saturated heterocycles. The molecule has 2 N–H and O–H groups in total. The van der Waals surface area contributed by atoms with Crippen LogP contribution in [0.2, 0.25) is 5.02 Å². The minimum atomic E-state index is 0.487. The van der Waals surface area contributed by atoms with Gasteiger partial charge < -0.3 is 15.4 Å². The summed E-state index contributed by atoms with van der Waals surface area (Å²) >= 11 is 13.0. The van der Waals surface area contributed by atoms with Gasteiger partial charge in [0, 0.05) is 27.9 Å². The number of thioether (sulfide) groups is 1. The zero-order valence-electron chi connectivity index (χ0n) is 13.7. The van der Waals surface area contributed by atoms with Gasteiger partial charge in [0.05, 0.1) is 7.11 Å². The molecule has 2 aromatic carbocycles. The highest BCUT2D eigenvalue weighted by atomic mass is 35.5. The molecule has 0 saturated carbocycles. The second-order valence-corrected chi connectivity index (χ2v) is 7.37. The predicted octanol–water partition coefficient (Wildman–Crippen LogP) is 5.06. The fourth-order valence-corrected chi connectivity index (χ4v) is 3.20. The van der Waals surface area contributed by atoms with Gasteiger partial charge in [0.15, 0.2) is 5.11 Å². The van der Waals surface area contributed by atoms with Gasteiger partial charge in [0.1, 0.15) is 5.75 Å². The molecule has 0 bridgehead atoms. The molecule has 0 aliphatic rings. The Morgan fingerprint density at radius 2 is 1.83 bits per heavy atom. The van der Waals surface area contributed by atoms with E-state index in [4.69, 9.17) is 28.6 Å². The van der Waals surface area contributed by atoms with Crippen LogP contribution in [0.3, 0.4) is 0 Å². The van der Waals surface area contributed by atoms with Crippen LogP contribution in [-0.2, 0) is 0 Å². The Kier molecular flexibility index (Phi) is 7.69. The molecule has 24 heavy (non-hydrogen) atoms. The van der Waals surface area contributed by atoms with Crippen LogP contribution >= 0.6 is 35.6 Å². The Balaban J connectivity index is 1.69. The van der Waals surface area contributed by atoms with E-state index in [9.17, 15) is 0 Å². The van der Waals surface area contributed by atoms with Gasteiger partial charge in [-0.05, 0) is 66.7 Å². The molecule has 0 radical (unpaired) electrons. The number of benzene rings is 2. The summed E-state index contributed by atoms with van der Waals surface area (Å²) in [4.78, 5) is 1.23. The number of anilines is 1. The minimum absolute atomic E-state index is 0.487. The molecule has 6 heteroatoms. The number of rotatable bonds is 7. The molecule has 0 heterocycles. The first-order valence-electron chi connectivity index (χ1n) is 7.64. The third-order valence-corrected chi connectivity index (χ3v) is 5.15. The van der Waals surface area contributed by atoms with Crippen LogP contribution in [0.5, 0.6) is 5.75 Å². The van der Waals surface area contributed by atoms with Crippen LogP contribution in [0.15, 0.2) is 53.4 Å². The Hall–Kier alpha value is -1.43. The summed E-state index contributed by atoms with van der Waals surface area (Å²) in [6.07, 6.45) is 0. The van der Waals surface area contributed by atoms with Gasteiger partial charge in [-0.15, -0.1) is 11.8 Å². The summed E-state index contributed by atoms with van der Waals surface area (Å²) in [5.41, 5.74) is 0.941. The monoisotopic (exact) mass is 380 g/mol. The van der Waals surface area contributed by atoms with Crippen LogP contribution in [0.4, 0.5) is 5.69 Å². The number of thiocarbonyl (C=S) groups is 1. The highest BCUT2D eigenvalue weighted by Gasteiger charge is 2.05. The zero-order chi connectivity index (χ0) is 17.4. The number of hydrogen-bond donors (Lipinski definition) is 2. The van der Waals surface area contributed by atoms with Gasteiger partial charge in [-0.3, -0.25) is 0 Å². The minimum Gasteiger partial charge on any atom is -0.497 e. The van der Waals surface area contributed by atoms with E-state index in [0.29, 0.717) is 11.0 Å². The van der Waals surface area contributed by atoms with Crippen molar-refractivity contribution in [1.29, 1.82) is 0 Å². The summed E-state index contributed by atoms with van der Waals surface area (Å²) in [6.45, 7) is 3.02. The lowest BCUT2D eigenvalue weighted by atomic mass is 10.2. The molecule has 0 fully saturated rings. The second kappa shape index (κ2) is 9.77. The van der Waals surface area contributed by atoms with Crippen molar-refractivity contribution >= 4 is 46.4 Å². The van der Waals surface area contributed by atoms with E-state index >= 15 is 0 Å². The predicted molar refractivity (Wildman–Crippen MR) is 109 cm³/mol. The van der Waals surface area contributed by atoms with E-state index in [0.717, 1.165) is 28.8 Å². The van der Waals surface area contributed by atoms with Crippen molar-refractivity contribution in [2.45, 2.75) is 11.8 Å². The third kappa shape index (κ3) is 6.59. The summed E-state index contributed by atoms with van der Waals surface area (Å²) < 4.78 is 5.14. The van der Waals surface area contributed by atoms with Crippen LogP contribution < -0.4 is 15.4 Å². The largest absolute Gasteiger partial charge is 0.497 e. The van der Waals surface area contributed by atoms with Gasteiger partial charge >= 0.3 is 0 Å². The molecule has 0 aliphatic heterocycles. The first kappa shape index (κ1) is 18.9. The van der Waals surface area contributed by atoms with Crippen molar-refractivity contribution in [3.8, 4) is 5.75 Å². The Bertz CT molecular complexity index is 647. The lowest BCUT2D eigenvalue weighted by Gasteiger charge is -2.15. The fourth-order valence-electron chi connectivity index (χ4n) is 1.94. The maximum atomic E-state index is 5.89. The molecular weight excluding hydrogens is 360 g/mol. The second-order valence-electron chi connectivity index (χ2n) is 5.43. The summed E-state index contributed by atoms with van der Waals surface area (Å²) in [7, 11) is 1.65. The number of hydrogen-bond acceptors (Lipinski definition) is 3. The molecule has 1 atom stereocenters. The number of nitrogens with one attached hydrogen (secondary N) is 2. The standard InChI is InChI=1S/C18H21ClN2OS2/c1-13(12-24-17-9-3-14(19)4-10-17)11-20-18(23)21-15-5-7-16(22-2)8-6-15/h3-10,13H,11-12H2,1-2H3,(H2,20,21,23)/t13-/m0/s1. The van der Waals surface area contributed by atoms with Crippen molar-refractivity contribution < 1.29 is 4.74 Å². The topological polar surface area (TPSA) is 33.3 Å². The molecule has 2 rings (SSSR count). The molecule has 0 amide bonds. The van der Waals surface area contributed by atoms with E-state index in [2.05, 4.69) is 17.6 Å². The quantitative estimate of drug-likeness (QED) is 0.518. The van der Waals surface area contributed by atoms with E-state index in [1.807, 2.05) is 60.3 Å². The summed E-state index contributed by atoms with van der Waals surface area (Å²) in [5.74, 6) is 2.33. The Morgan fingerprint density at radius 1 is 1.17 bits per heavy atom. The molecule has 3 nitrogen and oxygen atoms in total. The molecule has 0 unspecified atom stereocenters. The zero-order valence-corrected chi connectivity index (χ0v) is 16.1. The van der Waals surface area contributed by atoms with Crippen molar-refractivity contribution in [3.63, 3.8) is 0 Å². The van der Waals surface area contributed by atoms with Gasteiger partial charge in [0.2, 0.25) is 0 Å². The molecule has 128 valence electrons. The fraction of sp³-hybridized carbons (Fsp3) is 0.278. The smallest absolute Gasteiger partial charge is 0.170 e. The first-order valence-corrected chi connectivity index (χ1v) is 9.41. The van der Waals surface area contributed by atoms with Gasteiger partial charge in [0.25, 0.3) is 0 Å². The normalized spacial score (nSPS) is 11.6. The van der Waals surface area contributed by atoms with Crippen molar-refractivity contribution in [3.05, 3.63) is 53.6 Å². The molecular formula is C18H21ClN2OS2. The third-order valence-electron chi connectivity index (χ3n) is 3.31. The van der Waals surface area contributed by atoms with Gasteiger partial charge in [-0.1, -0.05) is 18.5 Å². The van der Waals surface area contributed by atoms with E-state index in [-0.39, 0.29) is 0 Å². The van der Waals surface area contributed by atoms with Crippen LogP contribution in [0, 0.1) is 5.92 Å². The maximum absolute atomic E-state index is 5.89. The number of halogens is 1. The Labute approximate surface area is 158 Å². The maximum Gasteiger partial charge on any atom is 0.170 e. The average molecular weight is 381 g/mol. The first-order chi connectivity index (χ1) is 11.6. The van der Waals surface area contributed by atoms with Crippen molar-refractivity contribution in [2.75, 3.05) is 24.7 Å².